The van der Waals surface area contributed by atoms with Crippen LogP contribution >= 0.6 is 0 Å². The Labute approximate surface area is 108 Å². The normalized spacial score (nSPS) is 17.6. The molecule has 1 unspecified atom stereocenters. The SMILES string of the molecule is CC(CN)S(=O)(=O)N1CCCOc2ccccc21. The van der Waals surface area contributed by atoms with Gasteiger partial charge in [0.05, 0.1) is 17.5 Å². The summed E-state index contributed by atoms with van der Waals surface area (Å²) in [6.45, 7) is 2.70. The number of para-hydroxylation sites is 2. The van der Waals surface area contributed by atoms with Crippen molar-refractivity contribution in [2.45, 2.75) is 18.6 Å². The molecule has 2 rings (SSSR count). The van der Waals surface area contributed by atoms with Crippen LogP contribution in [0, 0.1) is 0 Å². The van der Waals surface area contributed by atoms with E-state index in [2.05, 4.69) is 0 Å². The predicted octanol–water partition coefficient (Wildman–Crippen LogP) is 0.953. The Kier molecular flexibility index (Phi) is 3.77. The first-order valence-corrected chi connectivity index (χ1v) is 7.51. The molecule has 0 spiro atoms. The summed E-state index contributed by atoms with van der Waals surface area (Å²) in [4.78, 5) is 0. The standard InChI is InChI=1S/C12H18N2O3S/c1-10(9-13)18(15,16)14-7-4-8-17-12-6-3-2-5-11(12)14/h2-3,5-6,10H,4,7-9,13H2,1H3. The summed E-state index contributed by atoms with van der Waals surface area (Å²) < 4.78 is 31.8. The van der Waals surface area contributed by atoms with Gasteiger partial charge in [0.25, 0.3) is 0 Å². The van der Waals surface area contributed by atoms with Crippen LogP contribution < -0.4 is 14.8 Å². The average Bonchev–Trinajstić information content (AvgIpc) is 2.60. The zero-order valence-electron chi connectivity index (χ0n) is 10.4. The number of benzene rings is 1. The molecule has 0 bridgehead atoms. The van der Waals surface area contributed by atoms with Gasteiger partial charge in [-0.3, -0.25) is 4.31 Å². The monoisotopic (exact) mass is 270 g/mol. The second-order valence-electron chi connectivity index (χ2n) is 4.33. The first kappa shape index (κ1) is 13.2. The van der Waals surface area contributed by atoms with Crippen LogP contribution in [0.1, 0.15) is 13.3 Å². The van der Waals surface area contributed by atoms with Crippen molar-refractivity contribution < 1.29 is 13.2 Å². The fourth-order valence-corrected chi connectivity index (χ4v) is 3.39. The number of hydrogen-bond acceptors (Lipinski definition) is 4. The third-order valence-corrected chi connectivity index (χ3v) is 5.25. The summed E-state index contributed by atoms with van der Waals surface area (Å²) in [6, 6.07) is 7.20. The molecule has 1 aromatic rings. The van der Waals surface area contributed by atoms with E-state index in [1.54, 1.807) is 19.1 Å². The second-order valence-corrected chi connectivity index (χ2v) is 6.61. The highest BCUT2D eigenvalue weighted by molar-refractivity contribution is 7.93. The van der Waals surface area contributed by atoms with Crippen molar-refractivity contribution in [3.05, 3.63) is 24.3 Å². The van der Waals surface area contributed by atoms with Gasteiger partial charge in [0.2, 0.25) is 10.0 Å². The first-order chi connectivity index (χ1) is 8.57. The van der Waals surface area contributed by atoms with Crippen LogP contribution in [-0.2, 0) is 10.0 Å². The molecule has 1 atom stereocenters. The van der Waals surface area contributed by atoms with Crippen LogP contribution in [0.3, 0.4) is 0 Å². The van der Waals surface area contributed by atoms with Gasteiger partial charge in [-0.15, -0.1) is 0 Å². The summed E-state index contributed by atoms with van der Waals surface area (Å²) in [7, 11) is -3.42. The van der Waals surface area contributed by atoms with E-state index in [9.17, 15) is 8.42 Å². The van der Waals surface area contributed by atoms with Crippen molar-refractivity contribution in [2.75, 3.05) is 24.0 Å². The zero-order chi connectivity index (χ0) is 13.2. The molecule has 0 radical (unpaired) electrons. The molecule has 1 aliphatic rings. The molecular weight excluding hydrogens is 252 g/mol. The molecule has 5 nitrogen and oxygen atoms in total. The molecule has 0 aromatic heterocycles. The molecule has 0 saturated carbocycles. The molecule has 0 fully saturated rings. The van der Waals surface area contributed by atoms with Gasteiger partial charge >= 0.3 is 0 Å². The highest BCUT2D eigenvalue weighted by atomic mass is 32.2. The molecule has 0 saturated heterocycles. The Bertz CT molecular complexity index is 516. The van der Waals surface area contributed by atoms with E-state index in [0.29, 0.717) is 31.0 Å². The summed E-state index contributed by atoms with van der Waals surface area (Å²) >= 11 is 0. The van der Waals surface area contributed by atoms with Gasteiger partial charge in [0, 0.05) is 19.5 Å². The van der Waals surface area contributed by atoms with Crippen LogP contribution in [0.15, 0.2) is 24.3 Å². The number of hydrogen-bond donors (Lipinski definition) is 1. The van der Waals surface area contributed by atoms with Crippen LogP contribution in [0.25, 0.3) is 0 Å². The number of fused-ring (bicyclic) bond motifs is 1. The lowest BCUT2D eigenvalue weighted by Crippen LogP contribution is -2.41. The van der Waals surface area contributed by atoms with Gasteiger partial charge in [0.1, 0.15) is 5.75 Å². The lowest BCUT2D eigenvalue weighted by molar-refractivity contribution is 0.322. The predicted molar refractivity (Wildman–Crippen MR) is 71.3 cm³/mol. The van der Waals surface area contributed by atoms with E-state index in [1.807, 2.05) is 12.1 Å². The minimum atomic E-state index is -3.42. The smallest absolute Gasteiger partial charge is 0.239 e. The van der Waals surface area contributed by atoms with Gasteiger partial charge in [-0.1, -0.05) is 12.1 Å². The summed E-state index contributed by atoms with van der Waals surface area (Å²) in [6.07, 6.45) is 0.672. The maximum atomic E-state index is 12.4. The van der Waals surface area contributed by atoms with Crippen molar-refractivity contribution in [2.24, 2.45) is 5.73 Å². The second kappa shape index (κ2) is 5.16. The van der Waals surface area contributed by atoms with E-state index in [-0.39, 0.29) is 6.54 Å². The molecule has 100 valence electrons. The molecule has 0 amide bonds. The topological polar surface area (TPSA) is 72.6 Å². The van der Waals surface area contributed by atoms with Crippen molar-refractivity contribution in [3.8, 4) is 5.75 Å². The number of sulfonamides is 1. The molecule has 1 aromatic carbocycles. The van der Waals surface area contributed by atoms with E-state index >= 15 is 0 Å². The van der Waals surface area contributed by atoms with Crippen molar-refractivity contribution in [1.29, 1.82) is 0 Å². The fourth-order valence-electron chi connectivity index (χ4n) is 1.90. The van der Waals surface area contributed by atoms with Gasteiger partial charge in [-0.2, -0.15) is 0 Å². The summed E-state index contributed by atoms with van der Waals surface area (Å²) in [5, 5.41) is -0.594. The molecule has 1 heterocycles. The first-order valence-electron chi connectivity index (χ1n) is 6.01. The van der Waals surface area contributed by atoms with Crippen molar-refractivity contribution in [3.63, 3.8) is 0 Å². The molecule has 18 heavy (non-hydrogen) atoms. The molecule has 1 aliphatic heterocycles. The zero-order valence-corrected chi connectivity index (χ0v) is 11.2. The Hall–Kier alpha value is -1.27. The highest BCUT2D eigenvalue weighted by Gasteiger charge is 2.30. The lowest BCUT2D eigenvalue weighted by Gasteiger charge is -2.26. The van der Waals surface area contributed by atoms with E-state index in [1.165, 1.54) is 4.31 Å². The van der Waals surface area contributed by atoms with Gasteiger partial charge < -0.3 is 10.5 Å². The van der Waals surface area contributed by atoms with Gasteiger partial charge in [-0.25, -0.2) is 8.42 Å². The maximum Gasteiger partial charge on any atom is 0.239 e. The number of ether oxygens (including phenoxy) is 1. The van der Waals surface area contributed by atoms with Crippen molar-refractivity contribution in [1.82, 2.24) is 0 Å². The molecule has 6 heteroatoms. The number of nitrogens with two attached hydrogens (primary N) is 1. The Balaban J connectivity index is 2.45. The Morgan fingerprint density at radius 3 is 2.89 bits per heavy atom. The largest absolute Gasteiger partial charge is 0.491 e. The lowest BCUT2D eigenvalue weighted by atomic mass is 10.3. The maximum absolute atomic E-state index is 12.4. The average molecular weight is 270 g/mol. The number of anilines is 1. The Morgan fingerprint density at radius 1 is 1.44 bits per heavy atom. The van der Waals surface area contributed by atoms with Crippen LogP contribution in [0.4, 0.5) is 5.69 Å². The number of nitrogens with zero attached hydrogens (tertiary/aromatic N) is 1. The molecule has 0 aliphatic carbocycles. The third kappa shape index (κ3) is 2.30. The van der Waals surface area contributed by atoms with Gasteiger partial charge in [0.15, 0.2) is 0 Å². The van der Waals surface area contributed by atoms with E-state index in [4.69, 9.17) is 10.5 Å². The summed E-state index contributed by atoms with van der Waals surface area (Å²) in [5.41, 5.74) is 6.09. The molecular formula is C12H18N2O3S. The Morgan fingerprint density at radius 2 is 2.17 bits per heavy atom. The highest BCUT2D eigenvalue weighted by Crippen LogP contribution is 2.33. The fraction of sp³-hybridized carbons (Fsp3) is 0.500. The minimum absolute atomic E-state index is 0.113. The van der Waals surface area contributed by atoms with Crippen LogP contribution in [-0.4, -0.2) is 33.4 Å². The minimum Gasteiger partial charge on any atom is -0.491 e. The van der Waals surface area contributed by atoms with E-state index < -0.39 is 15.3 Å². The van der Waals surface area contributed by atoms with Crippen molar-refractivity contribution >= 4 is 15.7 Å². The van der Waals surface area contributed by atoms with Gasteiger partial charge in [-0.05, 0) is 19.1 Å². The number of rotatable bonds is 3. The molecule has 2 N–H and O–H groups in total. The van der Waals surface area contributed by atoms with Crippen LogP contribution in [0.2, 0.25) is 0 Å². The van der Waals surface area contributed by atoms with E-state index in [0.717, 1.165) is 0 Å². The quantitative estimate of drug-likeness (QED) is 0.887. The third-order valence-electron chi connectivity index (χ3n) is 3.04. The van der Waals surface area contributed by atoms with Crippen LogP contribution in [0.5, 0.6) is 5.75 Å². The summed E-state index contributed by atoms with van der Waals surface area (Å²) in [5.74, 6) is 0.614.